The molecule has 9 heteroatoms. The highest BCUT2D eigenvalue weighted by atomic mass is 32.2. The Balaban J connectivity index is 1.68. The van der Waals surface area contributed by atoms with E-state index in [1.54, 1.807) is 24.3 Å². The Morgan fingerprint density at radius 1 is 0.926 bits per heavy atom. The average molecular weight is 396 g/mol. The lowest BCUT2D eigenvalue weighted by molar-refractivity contribution is -0.142. The minimum absolute atomic E-state index is 0.0212. The van der Waals surface area contributed by atoms with E-state index in [2.05, 4.69) is 0 Å². The third kappa shape index (κ3) is 4.31. The topological polar surface area (TPSA) is 115 Å². The number of hydrogen-bond acceptors (Lipinski definition) is 4. The highest BCUT2D eigenvalue weighted by Gasteiger charge is 2.37. The Kier molecular flexibility index (Phi) is 5.83. The maximum absolute atomic E-state index is 13.0. The summed E-state index contributed by atoms with van der Waals surface area (Å²) in [6, 6.07) is 6.59. The van der Waals surface area contributed by atoms with E-state index in [1.165, 1.54) is 8.61 Å². The Bertz CT molecular complexity index is 800. The monoisotopic (exact) mass is 396 g/mol. The van der Waals surface area contributed by atoms with E-state index >= 15 is 0 Å². The van der Waals surface area contributed by atoms with Crippen LogP contribution in [0.5, 0.6) is 0 Å². The zero-order valence-electron chi connectivity index (χ0n) is 15.0. The summed E-state index contributed by atoms with van der Waals surface area (Å²) < 4.78 is 28.8. The van der Waals surface area contributed by atoms with Gasteiger partial charge in [0.15, 0.2) is 0 Å². The largest absolute Gasteiger partial charge is 0.481 e. The molecule has 8 nitrogen and oxygen atoms in total. The van der Waals surface area contributed by atoms with Crippen LogP contribution in [0.3, 0.4) is 0 Å². The lowest BCUT2D eigenvalue weighted by atomic mass is 9.91. The molecule has 2 heterocycles. The van der Waals surface area contributed by atoms with E-state index in [1.807, 2.05) is 0 Å². The second-order valence-corrected chi connectivity index (χ2v) is 9.07. The third-order valence-electron chi connectivity index (χ3n) is 5.47. The molecule has 0 aliphatic carbocycles. The SMILES string of the molecule is O=C(O)c1ccc(C2CCCN(S(=O)(=O)N3CCC(C(=O)O)CC3)C2)cc1. The Hall–Kier alpha value is -1.97. The summed E-state index contributed by atoms with van der Waals surface area (Å²) in [7, 11) is -3.62. The highest BCUT2D eigenvalue weighted by molar-refractivity contribution is 7.86. The van der Waals surface area contributed by atoms with Crippen molar-refractivity contribution in [3.8, 4) is 0 Å². The van der Waals surface area contributed by atoms with Gasteiger partial charge in [-0.3, -0.25) is 4.79 Å². The van der Waals surface area contributed by atoms with E-state index < -0.39 is 28.1 Å². The quantitative estimate of drug-likeness (QED) is 0.781. The molecule has 0 radical (unpaired) electrons. The number of carboxylic acids is 2. The van der Waals surface area contributed by atoms with Crippen LogP contribution in [0.2, 0.25) is 0 Å². The number of carbonyl (C=O) groups is 2. The molecule has 2 N–H and O–H groups in total. The minimum atomic E-state index is -3.62. The fourth-order valence-electron chi connectivity index (χ4n) is 3.82. The zero-order valence-corrected chi connectivity index (χ0v) is 15.8. The van der Waals surface area contributed by atoms with Crippen LogP contribution in [0.15, 0.2) is 24.3 Å². The van der Waals surface area contributed by atoms with Crippen LogP contribution in [0.4, 0.5) is 0 Å². The van der Waals surface area contributed by atoms with Crippen LogP contribution < -0.4 is 0 Å². The molecule has 0 amide bonds. The van der Waals surface area contributed by atoms with E-state index in [-0.39, 0.29) is 24.6 Å². The van der Waals surface area contributed by atoms with Crippen molar-refractivity contribution in [1.29, 1.82) is 0 Å². The fourth-order valence-corrected chi connectivity index (χ4v) is 5.55. The number of carboxylic acid groups (broad SMARTS) is 2. The van der Waals surface area contributed by atoms with Crippen LogP contribution in [0, 0.1) is 5.92 Å². The van der Waals surface area contributed by atoms with Gasteiger partial charge in [-0.1, -0.05) is 12.1 Å². The van der Waals surface area contributed by atoms with Gasteiger partial charge in [0.05, 0.1) is 11.5 Å². The van der Waals surface area contributed by atoms with Crippen molar-refractivity contribution < 1.29 is 28.2 Å². The molecule has 0 saturated carbocycles. The van der Waals surface area contributed by atoms with Gasteiger partial charge in [-0.2, -0.15) is 17.0 Å². The van der Waals surface area contributed by atoms with Gasteiger partial charge in [0.1, 0.15) is 0 Å². The molecule has 0 bridgehead atoms. The molecular weight excluding hydrogens is 372 g/mol. The van der Waals surface area contributed by atoms with Gasteiger partial charge in [-0.25, -0.2) is 4.79 Å². The average Bonchev–Trinajstić information content (AvgIpc) is 2.68. The van der Waals surface area contributed by atoms with E-state index in [9.17, 15) is 18.0 Å². The predicted molar refractivity (Wildman–Crippen MR) is 97.8 cm³/mol. The molecule has 2 aliphatic rings. The summed E-state index contributed by atoms with van der Waals surface area (Å²) >= 11 is 0. The first-order valence-electron chi connectivity index (χ1n) is 9.10. The number of rotatable bonds is 5. The molecule has 0 spiro atoms. The molecule has 1 aromatic carbocycles. The van der Waals surface area contributed by atoms with Gasteiger partial charge < -0.3 is 10.2 Å². The first-order valence-corrected chi connectivity index (χ1v) is 10.5. The molecule has 1 unspecified atom stereocenters. The van der Waals surface area contributed by atoms with Crippen molar-refractivity contribution in [3.63, 3.8) is 0 Å². The molecule has 0 aromatic heterocycles. The predicted octanol–water partition coefficient (Wildman–Crippen LogP) is 1.61. The lowest BCUT2D eigenvalue weighted by Crippen LogP contribution is -2.50. The second-order valence-electron chi connectivity index (χ2n) is 7.14. The second kappa shape index (κ2) is 7.95. The zero-order chi connectivity index (χ0) is 19.6. The van der Waals surface area contributed by atoms with Crippen LogP contribution in [-0.4, -0.2) is 65.4 Å². The van der Waals surface area contributed by atoms with Gasteiger partial charge in [-0.05, 0) is 49.3 Å². The van der Waals surface area contributed by atoms with Crippen LogP contribution >= 0.6 is 0 Å². The molecule has 148 valence electrons. The molecule has 3 rings (SSSR count). The first kappa shape index (κ1) is 19.8. The first-order chi connectivity index (χ1) is 12.8. The third-order valence-corrected chi connectivity index (χ3v) is 7.47. The van der Waals surface area contributed by atoms with Crippen LogP contribution in [-0.2, 0) is 15.0 Å². The molecule has 2 saturated heterocycles. The molecule has 27 heavy (non-hydrogen) atoms. The van der Waals surface area contributed by atoms with E-state index in [0.29, 0.717) is 25.9 Å². The van der Waals surface area contributed by atoms with Crippen molar-refractivity contribution in [1.82, 2.24) is 8.61 Å². The molecule has 2 aliphatic heterocycles. The summed E-state index contributed by atoms with van der Waals surface area (Å²) in [5.74, 6) is -2.31. The molecule has 1 aromatic rings. The van der Waals surface area contributed by atoms with Gasteiger partial charge in [0.2, 0.25) is 0 Å². The molecule has 1 atom stereocenters. The number of aromatic carboxylic acids is 1. The minimum Gasteiger partial charge on any atom is -0.481 e. The molecular formula is C18H24N2O6S. The van der Waals surface area contributed by atoms with Gasteiger partial charge in [0, 0.05) is 26.2 Å². The number of benzene rings is 1. The maximum atomic E-state index is 13.0. The normalized spacial score (nSPS) is 23.2. The van der Waals surface area contributed by atoms with Crippen LogP contribution in [0.1, 0.15) is 47.5 Å². The summed E-state index contributed by atoms with van der Waals surface area (Å²) in [5.41, 5.74) is 1.14. The number of hydrogen-bond donors (Lipinski definition) is 2. The summed E-state index contributed by atoms with van der Waals surface area (Å²) in [6.45, 7) is 1.26. The van der Waals surface area contributed by atoms with Crippen molar-refractivity contribution in [2.75, 3.05) is 26.2 Å². The summed E-state index contributed by atoms with van der Waals surface area (Å²) in [5, 5.41) is 18.1. The Morgan fingerprint density at radius 2 is 1.56 bits per heavy atom. The molecule has 2 fully saturated rings. The van der Waals surface area contributed by atoms with Crippen molar-refractivity contribution in [2.45, 2.75) is 31.6 Å². The van der Waals surface area contributed by atoms with Crippen molar-refractivity contribution in [2.24, 2.45) is 5.92 Å². The van der Waals surface area contributed by atoms with E-state index in [4.69, 9.17) is 10.2 Å². The standard InChI is InChI=1S/C18H24N2O6S/c21-17(22)14-5-3-13(4-6-14)16-2-1-9-20(12-16)27(25,26)19-10-7-15(8-11-19)18(23)24/h3-6,15-16H,1-2,7-12H2,(H,21,22)(H,23,24). The summed E-state index contributed by atoms with van der Waals surface area (Å²) in [6.07, 6.45) is 2.25. The van der Waals surface area contributed by atoms with Crippen molar-refractivity contribution in [3.05, 3.63) is 35.4 Å². The lowest BCUT2D eigenvalue weighted by Gasteiger charge is -2.37. The van der Waals surface area contributed by atoms with E-state index in [0.717, 1.165) is 18.4 Å². The van der Waals surface area contributed by atoms with Gasteiger partial charge in [0.25, 0.3) is 10.2 Å². The smallest absolute Gasteiger partial charge is 0.335 e. The number of aliphatic carboxylic acids is 1. The fraction of sp³-hybridized carbons (Fsp3) is 0.556. The number of piperidine rings is 2. The maximum Gasteiger partial charge on any atom is 0.335 e. The Morgan fingerprint density at radius 3 is 2.11 bits per heavy atom. The van der Waals surface area contributed by atoms with Gasteiger partial charge >= 0.3 is 11.9 Å². The Labute approximate surface area is 158 Å². The van der Waals surface area contributed by atoms with Gasteiger partial charge in [-0.15, -0.1) is 0 Å². The van der Waals surface area contributed by atoms with Crippen LogP contribution in [0.25, 0.3) is 0 Å². The number of nitrogens with zero attached hydrogens (tertiary/aromatic N) is 2. The van der Waals surface area contributed by atoms with Crippen molar-refractivity contribution >= 4 is 22.1 Å². The summed E-state index contributed by atoms with van der Waals surface area (Å²) in [4.78, 5) is 22.0. The highest BCUT2D eigenvalue weighted by Crippen LogP contribution is 2.30.